The van der Waals surface area contributed by atoms with Gasteiger partial charge >= 0.3 is 0 Å². The smallest absolute Gasteiger partial charge is 0.225 e. The van der Waals surface area contributed by atoms with E-state index in [4.69, 9.17) is 0 Å². The van der Waals surface area contributed by atoms with Gasteiger partial charge in [0.15, 0.2) is 5.78 Å². The van der Waals surface area contributed by atoms with Crippen LogP contribution in [0.5, 0.6) is 0 Å². The highest BCUT2D eigenvalue weighted by molar-refractivity contribution is 5.99. The first kappa shape index (κ1) is 14.9. The van der Waals surface area contributed by atoms with Gasteiger partial charge in [-0.25, -0.2) is 4.39 Å². The molecule has 110 valence electrons. The van der Waals surface area contributed by atoms with Gasteiger partial charge < -0.3 is 5.32 Å². The van der Waals surface area contributed by atoms with Crippen molar-refractivity contribution >= 4 is 17.5 Å². The maximum Gasteiger partial charge on any atom is 0.225 e. The minimum Gasteiger partial charge on any atom is -0.311 e. The molecule has 2 aromatic rings. The molecule has 0 bridgehead atoms. The largest absolute Gasteiger partial charge is 0.311 e. The van der Waals surface area contributed by atoms with Crippen molar-refractivity contribution in [2.45, 2.75) is 19.8 Å². The molecular formula is C15H16FN3O2. The third kappa shape index (κ3) is 3.98. The molecule has 2 rings (SSSR count). The van der Waals surface area contributed by atoms with Crippen molar-refractivity contribution in [3.63, 3.8) is 0 Å². The summed E-state index contributed by atoms with van der Waals surface area (Å²) in [6.45, 7) is 1.83. The Balaban J connectivity index is 1.87. The van der Waals surface area contributed by atoms with Crippen LogP contribution in [0.1, 0.15) is 28.9 Å². The Morgan fingerprint density at radius 2 is 1.90 bits per heavy atom. The predicted octanol–water partition coefficient (Wildman–Crippen LogP) is 2.47. The fraction of sp³-hybridized carbons (Fsp3) is 0.267. The van der Waals surface area contributed by atoms with Crippen LogP contribution >= 0.6 is 0 Å². The summed E-state index contributed by atoms with van der Waals surface area (Å²) in [5.41, 5.74) is 1.20. The van der Waals surface area contributed by atoms with Crippen LogP contribution in [0.4, 0.5) is 10.2 Å². The topological polar surface area (TPSA) is 64.0 Å². The summed E-state index contributed by atoms with van der Waals surface area (Å²) in [6.07, 6.45) is 0.148. The summed E-state index contributed by atoms with van der Waals surface area (Å²) < 4.78 is 14.3. The summed E-state index contributed by atoms with van der Waals surface area (Å²) in [5.74, 6) is -0.248. The van der Waals surface area contributed by atoms with Crippen LogP contribution in [-0.2, 0) is 11.8 Å². The van der Waals surface area contributed by atoms with Crippen LogP contribution in [0.2, 0.25) is 0 Å². The van der Waals surface area contributed by atoms with E-state index >= 15 is 0 Å². The van der Waals surface area contributed by atoms with E-state index in [2.05, 4.69) is 10.4 Å². The SMILES string of the molecule is Cc1cc(NC(=O)CCC(=O)c2ccc(F)cc2)n(C)n1. The van der Waals surface area contributed by atoms with E-state index in [1.54, 1.807) is 17.8 Å². The number of benzene rings is 1. The number of anilines is 1. The first-order chi connectivity index (χ1) is 9.95. The Hall–Kier alpha value is -2.50. The molecule has 0 radical (unpaired) electrons. The summed E-state index contributed by atoms with van der Waals surface area (Å²) in [7, 11) is 1.73. The zero-order chi connectivity index (χ0) is 15.4. The van der Waals surface area contributed by atoms with Gasteiger partial charge in [-0.3, -0.25) is 14.3 Å². The van der Waals surface area contributed by atoms with E-state index in [-0.39, 0.29) is 24.5 Å². The molecule has 0 saturated heterocycles. The number of halogens is 1. The molecule has 1 aromatic carbocycles. The Bertz CT molecular complexity index is 662. The Labute approximate surface area is 121 Å². The van der Waals surface area contributed by atoms with Crippen molar-refractivity contribution in [2.24, 2.45) is 7.05 Å². The number of hydrogen-bond donors (Lipinski definition) is 1. The Morgan fingerprint density at radius 3 is 2.48 bits per heavy atom. The van der Waals surface area contributed by atoms with Gasteiger partial charge in [0.1, 0.15) is 11.6 Å². The van der Waals surface area contributed by atoms with Gasteiger partial charge in [0, 0.05) is 31.5 Å². The highest BCUT2D eigenvalue weighted by atomic mass is 19.1. The lowest BCUT2D eigenvalue weighted by Crippen LogP contribution is -2.15. The predicted molar refractivity (Wildman–Crippen MR) is 76.5 cm³/mol. The number of nitrogens with zero attached hydrogens (tertiary/aromatic N) is 2. The van der Waals surface area contributed by atoms with Gasteiger partial charge in [0.25, 0.3) is 0 Å². The Kier molecular flexibility index (Phi) is 4.47. The first-order valence-corrected chi connectivity index (χ1v) is 6.55. The number of ketones is 1. The quantitative estimate of drug-likeness (QED) is 0.860. The summed E-state index contributed by atoms with van der Waals surface area (Å²) in [5, 5.41) is 6.81. The minimum absolute atomic E-state index is 0.0699. The van der Waals surface area contributed by atoms with E-state index in [1.807, 2.05) is 6.92 Å². The molecule has 0 unspecified atom stereocenters. The number of nitrogens with one attached hydrogen (secondary N) is 1. The van der Waals surface area contributed by atoms with E-state index in [1.165, 1.54) is 24.3 Å². The molecule has 1 aromatic heterocycles. The number of aromatic nitrogens is 2. The number of rotatable bonds is 5. The second kappa shape index (κ2) is 6.30. The van der Waals surface area contributed by atoms with Crippen LogP contribution in [0.3, 0.4) is 0 Å². The average Bonchev–Trinajstić information content (AvgIpc) is 2.75. The van der Waals surface area contributed by atoms with Crippen molar-refractivity contribution in [3.05, 3.63) is 47.4 Å². The number of Topliss-reactive ketones (excluding diaryl/α,β-unsaturated/α-hetero) is 1. The van der Waals surface area contributed by atoms with Crippen molar-refractivity contribution in [3.8, 4) is 0 Å². The van der Waals surface area contributed by atoms with Crippen LogP contribution < -0.4 is 5.32 Å². The fourth-order valence-corrected chi connectivity index (χ4v) is 1.94. The fourth-order valence-electron chi connectivity index (χ4n) is 1.94. The van der Waals surface area contributed by atoms with E-state index < -0.39 is 5.82 Å². The normalized spacial score (nSPS) is 10.4. The third-order valence-electron chi connectivity index (χ3n) is 3.01. The zero-order valence-electron chi connectivity index (χ0n) is 11.9. The molecule has 5 nitrogen and oxygen atoms in total. The van der Waals surface area contributed by atoms with Gasteiger partial charge in [0.05, 0.1) is 5.69 Å². The van der Waals surface area contributed by atoms with Crippen LogP contribution in [0.15, 0.2) is 30.3 Å². The lowest BCUT2D eigenvalue weighted by Gasteiger charge is -2.05. The van der Waals surface area contributed by atoms with Crippen molar-refractivity contribution in [1.29, 1.82) is 0 Å². The molecule has 0 saturated carbocycles. The summed E-state index contributed by atoms with van der Waals surface area (Å²) in [4.78, 5) is 23.7. The van der Waals surface area contributed by atoms with Crippen molar-refractivity contribution in [2.75, 3.05) is 5.32 Å². The molecule has 1 N–H and O–H groups in total. The highest BCUT2D eigenvalue weighted by Crippen LogP contribution is 2.11. The van der Waals surface area contributed by atoms with E-state index in [0.717, 1.165) is 5.69 Å². The first-order valence-electron chi connectivity index (χ1n) is 6.55. The number of carbonyl (C=O) groups is 2. The third-order valence-corrected chi connectivity index (χ3v) is 3.01. The van der Waals surface area contributed by atoms with E-state index in [9.17, 15) is 14.0 Å². The molecule has 1 amide bonds. The lowest BCUT2D eigenvalue weighted by molar-refractivity contribution is -0.116. The minimum atomic E-state index is -0.393. The number of hydrogen-bond acceptors (Lipinski definition) is 3. The maximum absolute atomic E-state index is 12.8. The molecule has 0 atom stereocenters. The molecule has 0 aliphatic carbocycles. The van der Waals surface area contributed by atoms with Crippen LogP contribution in [0.25, 0.3) is 0 Å². The molecule has 1 heterocycles. The zero-order valence-corrected chi connectivity index (χ0v) is 11.9. The maximum atomic E-state index is 12.8. The van der Waals surface area contributed by atoms with Crippen molar-refractivity contribution in [1.82, 2.24) is 9.78 Å². The van der Waals surface area contributed by atoms with Gasteiger partial charge in [0.2, 0.25) is 5.91 Å². The van der Waals surface area contributed by atoms with Crippen LogP contribution in [-0.4, -0.2) is 21.5 Å². The monoisotopic (exact) mass is 289 g/mol. The second-order valence-electron chi connectivity index (χ2n) is 4.77. The van der Waals surface area contributed by atoms with Gasteiger partial charge in [-0.2, -0.15) is 5.10 Å². The molecule has 0 aliphatic rings. The Morgan fingerprint density at radius 1 is 1.24 bits per heavy atom. The summed E-state index contributed by atoms with van der Waals surface area (Å²) >= 11 is 0. The molecular weight excluding hydrogens is 273 g/mol. The summed E-state index contributed by atoms with van der Waals surface area (Å²) in [6, 6.07) is 7.04. The molecule has 0 fully saturated rings. The van der Waals surface area contributed by atoms with Crippen molar-refractivity contribution < 1.29 is 14.0 Å². The average molecular weight is 289 g/mol. The molecule has 6 heteroatoms. The highest BCUT2D eigenvalue weighted by Gasteiger charge is 2.11. The van der Waals surface area contributed by atoms with E-state index in [0.29, 0.717) is 11.4 Å². The van der Waals surface area contributed by atoms with Gasteiger partial charge in [-0.1, -0.05) is 0 Å². The number of aryl methyl sites for hydroxylation is 2. The van der Waals surface area contributed by atoms with Gasteiger partial charge in [-0.05, 0) is 31.2 Å². The number of carbonyl (C=O) groups excluding carboxylic acids is 2. The van der Waals surface area contributed by atoms with Gasteiger partial charge in [-0.15, -0.1) is 0 Å². The number of amides is 1. The second-order valence-corrected chi connectivity index (χ2v) is 4.77. The molecule has 0 aliphatic heterocycles. The standard InChI is InChI=1S/C15H16FN3O2/c1-10-9-14(19(2)18-10)17-15(21)8-7-13(20)11-3-5-12(16)6-4-11/h3-6,9H,7-8H2,1-2H3,(H,17,21). The van der Waals surface area contributed by atoms with Crippen LogP contribution in [0, 0.1) is 12.7 Å². The molecule has 21 heavy (non-hydrogen) atoms. The lowest BCUT2D eigenvalue weighted by atomic mass is 10.1. The molecule has 0 spiro atoms.